The molecular formula is C21H21F3N4. The molecule has 146 valence electrons. The van der Waals surface area contributed by atoms with Crippen molar-refractivity contribution in [2.24, 2.45) is 0 Å². The summed E-state index contributed by atoms with van der Waals surface area (Å²) >= 11 is 0. The van der Waals surface area contributed by atoms with Crippen LogP contribution in [0.4, 0.5) is 36.3 Å². The van der Waals surface area contributed by atoms with Crippen LogP contribution in [0.3, 0.4) is 0 Å². The van der Waals surface area contributed by atoms with Crippen molar-refractivity contribution in [1.82, 2.24) is 9.97 Å². The maximum atomic E-state index is 13.4. The van der Waals surface area contributed by atoms with Crippen LogP contribution in [0.25, 0.3) is 0 Å². The molecule has 28 heavy (non-hydrogen) atoms. The summed E-state index contributed by atoms with van der Waals surface area (Å²) in [4.78, 5) is 7.90. The zero-order chi connectivity index (χ0) is 20.3. The maximum Gasteiger partial charge on any atom is 0.421 e. The van der Waals surface area contributed by atoms with E-state index >= 15 is 0 Å². The number of benzene rings is 2. The summed E-state index contributed by atoms with van der Waals surface area (Å²) in [6.07, 6.45) is -3.78. The molecule has 0 fully saturated rings. The van der Waals surface area contributed by atoms with Crippen LogP contribution < -0.4 is 10.6 Å². The number of rotatable bonds is 5. The molecule has 4 nitrogen and oxygen atoms in total. The van der Waals surface area contributed by atoms with Gasteiger partial charge in [0.1, 0.15) is 11.4 Å². The topological polar surface area (TPSA) is 49.8 Å². The van der Waals surface area contributed by atoms with E-state index in [2.05, 4.69) is 34.4 Å². The Morgan fingerprint density at radius 1 is 0.929 bits per heavy atom. The Morgan fingerprint density at radius 3 is 2.25 bits per heavy atom. The first-order valence-electron chi connectivity index (χ1n) is 8.87. The van der Waals surface area contributed by atoms with Crippen molar-refractivity contribution >= 4 is 23.1 Å². The molecule has 0 saturated carbocycles. The molecule has 0 amide bonds. The number of halogens is 3. The normalized spacial score (nSPS) is 11.5. The molecule has 3 rings (SSSR count). The molecule has 0 aliphatic carbocycles. The van der Waals surface area contributed by atoms with Gasteiger partial charge in [-0.25, -0.2) is 4.98 Å². The lowest BCUT2D eigenvalue weighted by atomic mass is 10.0. The molecule has 0 aliphatic heterocycles. The van der Waals surface area contributed by atoms with Gasteiger partial charge < -0.3 is 10.6 Å². The Labute approximate surface area is 161 Å². The molecule has 0 saturated heterocycles. The molecule has 7 heteroatoms. The summed E-state index contributed by atoms with van der Waals surface area (Å²) in [5, 5.41) is 5.72. The third-order valence-corrected chi connectivity index (χ3v) is 4.21. The highest BCUT2D eigenvalue weighted by Gasteiger charge is 2.35. The van der Waals surface area contributed by atoms with E-state index in [0.29, 0.717) is 17.3 Å². The van der Waals surface area contributed by atoms with E-state index in [1.165, 1.54) is 5.56 Å². The quantitative estimate of drug-likeness (QED) is 0.532. The summed E-state index contributed by atoms with van der Waals surface area (Å²) < 4.78 is 40.1. The van der Waals surface area contributed by atoms with Crippen LogP contribution in [0.15, 0.2) is 54.7 Å². The van der Waals surface area contributed by atoms with Crippen LogP contribution in [-0.2, 0) is 6.18 Å². The molecule has 2 aromatic carbocycles. The van der Waals surface area contributed by atoms with E-state index in [1.54, 1.807) is 18.2 Å². The predicted octanol–water partition coefficient (Wildman–Crippen LogP) is 6.41. The van der Waals surface area contributed by atoms with Crippen molar-refractivity contribution in [3.63, 3.8) is 0 Å². The lowest BCUT2D eigenvalue weighted by Gasteiger charge is -2.15. The second kappa shape index (κ2) is 7.88. The summed E-state index contributed by atoms with van der Waals surface area (Å²) in [7, 11) is 0. The Hall–Kier alpha value is -3.09. The van der Waals surface area contributed by atoms with E-state index in [-0.39, 0.29) is 11.8 Å². The van der Waals surface area contributed by atoms with E-state index in [9.17, 15) is 13.2 Å². The van der Waals surface area contributed by atoms with Crippen LogP contribution in [0.1, 0.15) is 36.5 Å². The van der Waals surface area contributed by atoms with Crippen LogP contribution in [0.2, 0.25) is 0 Å². The fourth-order valence-electron chi connectivity index (χ4n) is 2.68. The summed E-state index contributed by atoms with van der Waals surface area (Å²) in [5.41, 5.74) is 2.40. The molecule has 0 radical (unpaired) electrons. The summed E-state index contributed by atoms with van der Waals surface area (Å²) in [6, 6.07) is 14.7. The van der Waals surface area contributed by atoms with Gasteiger partial charge in [-0.1, -0.05) is 38.1 Å². The molecule has 2 N–H and O–H groups in total. The molecule has 3 aromatic rings. The van der Waals surface area contributed by atoms with Crippen molar-refractivity contribution in [3.05, 3.63) is 71.4 Å². The van der Waals surface area contributed by atoms with E-state index in [4.69, 9.17) is 0 Å². The highest BCUT2D eigenvalue weighted by atomic mass is 19.4. The first kappa shape index (κ1) is 19.7. The molecule has 1 aromatic heterocycles. The Morgan fingerprint density at radius 2 is 1.64 bits per heavy atom. The van der Waals surface area contributed by atoms with Gasteiger partial charge in [0.15, 0.2) is 0 Å². The Kier molecular flexibility index (Phi) is 5.53. The fraction of sp³-hybridized carbons (Fsp3) is 0.238. The van der Waals surface area contributed by atoms with Crippen LogP contribution in [-0.4, -0.2) is 9.97 Å². The minimum Gasteiger partial charge on any atom is -0.340 e. The van der Waals surface area contributed by atoms with Gasteiger partial charge in [0.2, 0.25) is 5.95 Å². The highest BCUT2D eigenvalue weighted by Crippen LogP contribution is 2.35. The molecular weight excluding hydrogens is 365 g/mol. The van der Waals surface area contributed by atoms with E-state index in [1.807, 2.05) is 37.3 Å². The van der Waals surface area contributed by atoms with Crippen LogP contribution >= 0.6 is 0 Å². The van der Waals surface area contributed by atoms with Gasteiger partial charge in [0, 0.05) is 17.6 Å². The highest BCUT2D eigenvalue weighted by molar-refractivity contribution is 5.63. The predicted molar refractivity (Wildman–Crippen MR) is 105 cm³/mol. The van der Waals surface area contributed by atoms with E-state index in [0.717, 1.165) is 11.8 Å². The van der Waals surface area contributed by atoms with Gasteiger partial charge in [0.25, 0.3) is 0 Å². The zero-order valence-electron chi connectivity index (χ0n) is 15.8. The lowest BCUT2D eigenvalue weighted by molar-refractivity contribution is -0.137. The monoisotopic (exact) mass is 386 g/mol. The first-order valence-corrected chi connectivity index (χ1v) is 8.87. The van der Waals surface area contributed by atoms with Crippen molar-refractivity contribution < 1.29 is 13.2 Å². The minimum absolute atomic E-state index is 0.0837. The van der Waals surface area contributed by atoms with Gasteiger partial charge in [-0.3, -0.25) is 0 Å². The Bertz CT molecular complexity index is 951. The van der Waals surface area contributed by atoms with Gasteiger partial charge in [-0.05, 0) is 48.2 Å². The number of anilines is 4. The average molecular weight is 386 g/mol. The van der Waals surface area contributed by atoms with Crippen molar-refractivity contribution in [1.29, 1.82) is 0 Å². The summed E-state index contributed by atoms with van der Waals surface area (Å²) in [5.74, 6) is 0.177. The fourth-order valence-corrected chi connectivity index (χ4v) is 2.68. The molecule has 0 unspecified atom stereocenters. The number of hydrogen-bond acceptors (Lipinski definition) is 4. The smallest absolute Gasteiger partial charge is 0.340 e. The van der Waals surface area contributed by atoms with Crippen LogP contribution in [0, 0.1) is 6.92 Å². The number of aromatic nitrogens is 2. The molecule has 0 aliphatic rings. The van der Waals surface area contributed by atoms with Gasteiger partial charge in [0.05, 0.1) is 0 Å². The maximum absolute atomic E-state index is 13.4. The zero-order valence-corrected chi connectivity index (χ0v) is 15.8. The van der Waals surface area contributed by atoms with Crippen molar-refractivity contribution in [2.75, 3.05) is 10.6 Å². The Balaban J connectivity index is 1.90. The number of aryl methyl sites for hydroxylation is 1. The number of alkyl halides is 3. The van der Waals surface area contributed by atoms with Gasteiger partial charge in [-0.15, -0.1) is 0 Å². The van der Waals surface area contributed by atoms with Crippen LogP contribution in [0.5, 0.6) is 0 Å². The average Bonchev–Trinajstić information content (AvgIpc) is 2.61. The third kappa shape index (κ3) is 4.79. The number of nitrogens with one attached hydrogen (secondary N) is 2. The molecule has 0 bridgehead atoms. The minimum atomic E-state index is -4.57. The standard InChI is InChI=1S/C21H21F3N4/c1-13(2)15-7-9-16(10-8-15)27-20-25-12-18(21(22,23)24)19(28-20)26-17-6-4-5-14(3)11-17/h4-13H,1-3H3,(H2,25,26,27,28). The lowest BCUT2D eigenvalue weighted by Crippen LogP contribution is -2.12. The van der Waals surface area contributed by atoms with E-state index < -0.39 is 11.7 Å². The van der Waals surface area contributed by atoms with Gasteiger partial charge in [-0.2, -0.15) is 18.2 Å². The SMILES string of the molecule is Cc1cccc(Nc2nc(Nc3ccc(C(C)C)cc3)ncc2C(F)(F)F)c1. The summed E-state index contributed by atoms with van der Waals surface area (Å²) in [6.45, 7) is 6.04. The largest absolute Gasteiger partial charge is 0.421 e. The second-order valence-electron chi connectivity index (χ2n) is 6.85. The van der Waals surface area contributed by atoms with Crippen molar-refractivity contribution in [3.8, 4) is 0 Å². The number of hydrogen-bond donors (Lipinski definition) is 2. The van der Waals surface area contributed by atoms with Crippen molar-refractivity contribution in [2.45, 2.75) is 32.9 Å². The van der Waals surface area contributed by atoms with Gasteiger partial charge >= 0.3 is 6.18 Å². The molecule has 0 spiro atoms. The third-order valence-electron chi connectivity index (χ3n) is 4.21. The number of nitrogens with zero attached hydrogens (tertiary/aromatic N) is 2. The second-order valence-corrected chi connectivity index (χ2v) is 6.85. The molecule has 1 heterocycles. The molecule has 0 atom stereocenters. The first-order chi connectivity index (χ1) is 13.2.